The first kappa shape index (κ1) is 16.4. The Morgan fingerprint density at radius 2 is 1.96 bits per heavy atom. The van der Waals surface area contributed by atoms with Crippen molar-refractivity contribution in [3.63, 3.8) is 0 Å². The van der Waals surface area contributed by atoms with Crippen molar-refractivity contribution in [3.8, 4) is 0 Å². The largest absolute Gasteiger partial charge is 0.338 e. The summed E-state index contributed by atoms with van der Waals surface area (Å²) in [6, 6.07) is 13.2. The average molecular weight is 349 g/mol. The molecule has 0 saturated carbocycles. The van der Waals surface area contributed by atoms with Crippen LogP contribution in [0.25, 0.3) is 5.65 Å². The molecule has 1 fully saturated rings. The number of piperidine rings is 1. The highest BCUT2D eigenvalue weighted by atomic mass is 16.2. The summed E-state index contributed by atoms with van der Waals surface area (Å²) in [6.45, 7) is 1.14. The number of amides is 1. The Morgan fingerprint density at radius 1 is 1.12 bits per heavy atom. The number of aromatic nitrogens is 4. The van der Waals surface area contributed by atoms with E-state index in [1.165, 1.54) is 4.52 Å². The second-order valence-corrected chi connectivity index (χ2v) is 6.62. The fraction of sp³-hybridized carbons (Fsp3) is 0.316. The molecule has 1 aromatic carbocycles. The molecule has 1 atom stereocenters. The maximum atomic E-state index is 12.8. The molecule has 1 amide bonds. The quantitative estimate of drug-likeness (QED) is 0.717. The fourth-order valence-electron chi connectivity index (χ4n) is 3.42. The van der Waals surface area contributed by atoms with Gasteiger partial charge >= 0.3 is 0 Å². The van der Waals surface area contributed by atoms with Gasteiger partial charge in [-0.3, -0.25) is 9.59 Å². The summed E-state index contributed by atoms with van der Waals surface area (Å²) in [5, 5.41) is 11.2. The van der Waals surface area contributed by atoms with E-state index in [0.717, 1.165) is 18.4 Å². The van der Waals surface area contributed by atoms with Crippen LogP contribution < -0.4 is 0 Å². The number of hydrogen-bond donors (Lipinski definition) is 0. The molecule has 1 aliphatic rings. The number of tetrazole rings is 1. The number of Topliss-reactive ketones (excluding diaryl/α,β-unsaturated/α-hetero) is 1. The third-order valence-corrected chi connectivity index (χ3v) is 4.82. The summed E-state index contributed by atoms with van der Waals surface area (Å²) in [5.74, 6) is 0.00825. The SMILES string of the molecule is O=C(Cc1ccccc1)[C@@H]1CCCN(C(=O)c2ccc3nnnn3c2)C1. The monoisotopic (exact) mass is 349 g/mol. The Kier molecular flexibility index (Phi) is 4.43. The topological polar surface area (TPSA) is 80.5 Å². The van der Waals surface area contributed by atoms with Crippen LogP contribution >= 0.6 is 0 Å². The second-order valence-electron chi connectivity index (χ2n) is 6.62. The van der Waals surface area contributed by atoms with Crippen LogP contribution in [0.5, 0.6) is 0 Å². The lowest BCUT2D eigenvalue weighted by atomic mass is 9.90. The molecular formula is C19H19N5O2. The Balaban J connectivity index is 1.45. The van der Waals surface area contributed by atoms with E-state index < -0.39 is 0 Å². The van der Waals surface area contributed by atoms with Gasteiger partial charge in [-0.15, -0.1) is 5.10 Å². The molecule has 3 heterocycles. The lowest BCUT2D eigenvalue weighted by molar-refractivity contribution is -0.123. The predicted octanol–water partition coefficient (Wildman–Crippen LogP) is 1.79. The molecule has 7 heteroatoms. The van der Waals surface area contributed by atoms with Crippen molar-refractivity contribution >= 4 is 17.3 Å². The van der Waals surface area contributed by atoms with Crippen LogP contribution in [0.15, 0.2) is 48.7 Å². The number of carbonyl (C=O) groups is 2. The van der Waals surface area contributed by atoms with E-state index >= 15 is 0 Å². The summed E-state index contributed by atoms with van der Waals surface area (Å²) in [4.78, 5) is 27.2. The summed E-state index contributed by atoms with van der Waals surface area (Å²) in [5.41, 5.74) is 2.14. The van der Waals surface area contributed by atoms with E-state index in [1.807, 2.05) is 30.3 Å². The first-order chi connectivity index (χ1) is 12.7. The minimum Gasteiger partial charge on any atom is -0.338 e. The Bertz CT molecular complexity index is 937. The highest BCUT2D eigenvalue weighted by Crippen LogP contribution is 2.21. The molecule has 0 unspecified atom stereocenters. The van der Waals surface area contributed by atoms with E-state index in [0.29, 0.717) is 30.7 Å². The summed E-state index contributed by atoms with van der Waals surface area (Å²) in [7, 11) is 0. The van der Waals surface area contributed by atoms with Crippen molar-refractivity contribution in [1.29, 1.82) is 0 Å². The lowest BCUT2D eigenvalue weighted by Crippen LogP contribution is -2.42. The minimum atomic E-state index is -0.107. The van der Waals surface area contributed by atoms with Crippen LogP contribution in [0.3, 0.4) is 0 Å². The molecule has 7 nitrogen and oxygen atoms in total. The Morgan fingerprint density at radius 3 is 2.81 bits per heavy atom. The number of ketones is 1. The molecule has 132 valence electrons. The summed E-state index contributed by atoms with van der Waals surface area (Å²) < 4.78 is 1.48. The van der Waals surface area contributed by atoms with E-state index in [4.69, 9.17) is 0 Å². The maximum Gasteiger partial charge on any atom is 0.255 e. The Hall–Kier alpha value is -3.09. The molecule has 0 radical (unpaired) electrons. The number of nitrogens with zero attached hydrogens (tertiary/aromatic N) is 5. The number of likely N-dealkylation sites (tertiary alicyclic amines) is 1. The van der Waals surface area contributed by atoms with Gasteiger partial charge in [-0.05, 0) is 41.0 Å². The summed E-state index contributed by atoms with van der Waals surface area (Å²) in [6.07, 6.45) is 3.72. The van der Waals surface area contributed by atoms with Gasteiger partial charge in [0.1, 0.15) is 5.78 Å². The van der Waals surface area contributed by atoms with Crippen molar-refractivity contribution in [3.05, 3.63) is 59.8 Å². The standard InChI is InChI=1S/C19H19N5O2/c25-17(11-14-5-2-1-3-6-14)15-7-4-10-23(12-15)19(26)16-8-9-18-20-21-22-24(18)13-16/h1-3,5-6,8-9,13,15H,4,7,10-12H2/t15-/m1/s1. The first-order valence-corrected chi connectivity index (χ1v) is 8.74. The third-order valence-electron chi connectivity index (χ3n) is 4.82. The summed E-state index contributed by atoms with van der Waals surface area (Å²) >= 11 is 0. The molecule has 0 aliphatic carbocycles. The zero-order chi connectivity index (χ0) is 17.9. The van der Waals surface area contributed by atoms with Gasteiger partial charge in [-0.2, -0.15) is 4.52 Å². The van der Waals surface area contributed by atoms with Crippen LogP contribution in [0.4, 0.5) is 0 Å². The van der Waals surface area contributed by atoms with Crippen LogP contribution in [0.2, 0.25) is 0 Å². The van der Waals surface area contributed by atoms with Gasteiger partial charge in [-0.25, -0.2) is 0 Å². The second kappa shape index (κ2) is 7.03. The van der Waals surface area contributed by atoms with E-state index in [9.17, 15) is 9.59 Å². The van der Waals surface area contributed by atoms with Crippen LogP contribution in [0.1, 0.15) is 28.8 Å². The zero-order valence-corrected chi connectivity index (χ0v) is 14.3. The molecule has 0 N–H and O–H groups in total. The molecule has 26 heavy (non-hydrogen) atoms. The Labute approximate surface area is 150 Å². The molecular weight excluding hydrogens is 330 g/mol. The van der Waals surface area contributed by atoms with Gasteiger partial charge in [0, 0.05) is 31.6 Å². The fourth-order valence-corrected chi connectivity index (χ4v) is 3.42. The maximum absolute atomic E-state index is 12.8. The van der Waals surface area contributed by atoms with Gasteiger partial charge in [-0.1, -0.05) is 30.3 Å². The number of pyridine rings is 1. The molecule has 0 bridgehead atoms. The smallest absolute Gasteiger partial charge is 0.255 e. The average Bonchev–Trinajstić information content (AvgIpc) is 3.16. The normalized spacial score (nSPS) is 17.4. The third kappa shape index (κ3) is 3.33. The van der Waals surface area contributed by atoms with Gasteiger partial charge in [0.25, 0.3) is 5.91 Å². The lowest BCUT2D eigenvalue weighted by Gasteiger charge is -2.32. The van der Waals surface area contributed by atoms with E-state index in [-0.39, 0.29) is 17.6 Å². The van der Waals surface area contributed by atoms with Gasteiger partial charge in [0.05, 0.1) is 5.56 Å². The molecule has 3 aromatic rings. The van der Waals surface area contributed by atoms with Crippen LogP contribution in [-0.2, 0) is 11.2 Å². The number of benzene rings is 1. The van der Waals surface area contributed by atoms with Crippen molar-refractivity contribution < 1.29 is 9.59 Å². The highest BCUT2D eigenvalue weighted by molar-refractivity contribution is 5.95. The van der Waals surface area contributed by atoms with Crippen molar-refractivity contribution in [2.75, 3.05) is 13.1 Å². The molecule has 1 aliphatic heterocycles. The number of fused-ring (bicyclic) bond motifs is 1. The van der Waals surface area contributed by atoms with E-state index in [1.54, 1.807) is 23.2 Å². The van der Waals surface area contributed by atoms with Crippen LogP contribution in [-0.4, -0.2) is 49.7 Å². The number of hydrogen-bond acceptors (Lipinski definition) is 5. The van der Waals surface area contributed by atoms with Crippen LogP contribution in [0, 0.1) is 5.92 Å². The molecule has 0 spiro atoms. The van der Waals surface area contributed by atoms with Gasteiger partial charge < -0.3 is 4.90 Å². The minimum absolute atomic E-state index is 0.0837. The van der Waals surface area contributed by atoms with E-state index in [2.05, 4.69) is 15.5 Å². The van der Waals surface area contributed by atoms with Crippen molar-refractivity contribution in [2.24, 2.45) is 5.92 Å². The number of carbonyl (C=O) groups excluding carboxylic acids is 2. The number of rotatable bonds is 4. The van der Waals surface area contributed by atoms with Gasteiger partial charge in [0.2, 0.25) is 0 Å². The molecule has 1 saturated heterocycles. The van der Waals surface area contributed by atoms with Gasteiger partial charge in [0.15, 0.2) is 5.65 Å². The molecule has 4 rings (SSSR count). The first-order valence-electron chi connectivity index (χ1n) is 8.74. The highest BCUT2D eigenvalue weighted by Gasteiger charge is 2.29. The zero-order valence-electron chi connectivity index (χ0n) is 14.3. The molecule has 2 aromatic heterocycles. The van der Waals surface area contributed by atoms with Crippen molar-refractivity contribution in [2.45, 2.75) is 19.3 Å². The van der Waals surface area contributed by atoms with Crippen molar-refractivity contribution in [1.82, 2.24) is 24.9 Å². The predicted molar refractivity (Wildman–Crippen MR) is 94.6 cm³/mol.